The second kappa shape index (κ2) is 6.98. The first kappa shape index (κ1) is 16.4. The molecule has 1 aromatic heterocycles. The highest BCUT2D eigenvalue weighted by Gasteiger charge is 2.10. The molecule has 3 aromatic rings. The average Bonchev–Trinajstić information content (AvgIpc) is 2.99. The molecule has 0 aliphatic carbocycles. The van der Waals surface area contributed by atoms with Crippen molar-refractivity contribution < 1.29 is 4.42 Å². The van der Waals surface area contributed by atoms with Gasteiger partial charge in [-0.3, -0.25) is 0 Å². The van der Waals surface area contributed by atoms with Crippen LogP contribution in [0.5, 0.6) is 0 Å². The zero-order valence-corrected chi connectivity index (χ0v) is 14.5. The number of halogens is 1. The highest BCUT2D eigenvalue weighted by Crippen LogP contribution is 2.28. The SMILES string of the molecule is CCCc1ccc(N[C@H](C)c2ccc3oc(C#N)cc3c2)cc1Cl. The maximum absolute atomic E-state index is 8.93. The van der Waals surface area contributed by atoms with Crippen molar-refractivity contribution in [1.82, 2.24) is 0 Å². The van der Waals surface area contributed by atoms with Gasteiger partial charge in [-0.2, -0.15) is 5.26 Å². The molecule has 1 heterocycles. The topological polar surface area (TPSA) is 49.0 Å². The molecule has 24 heavy (non-hydrogen) atoms. The van der Waals surface area contributed by atoms with Crippen molar-refractivity contribution in [3.05, 3.63) is 64.4 Å². The molecule has 0 fully saturated rings. The molecule has 3 nitrogen and oxygen atoms in total. The Morgan fingerprint density at radius 3 is 2.75 bits per heavy atom. The summed E-state index contributed by atoms with van der Waals surface area (Å²) in [6.07, 6.45) is 2.07. The molecule has 4 heteroatoms. The number of anilines is 1. The predicted molar refractivity (Wildman–Crippen MR) is 98.4 cm³/mol. The molecule has 122 valence electrons. The summed E-state index contributed by atoms with van der Waals surface area (Å²) < 4.78 is 5.42. The molecule has 0 spiro atoms. The van der Waals surface area contributed by atoms with Crippen LogP contribution in [0.1, 0.15) is 43.2 Å². The minimum atomic E-state index is 0.114. The third kappa shape index (κ3) is 3.39. The Labute approximate surface area is 146 Å². The summed E-state index contributed by atoms with van der Waals surface area (Å²) >= 11 is 6.35. The van der Waals surface area contributed by atoms with Crippen molar-refractivity contribution in [2.75, 3.05) is 5.32 Å². The van der Waals surface area contributed by atoms with Crippen molar-refractivity contribution in [2.24, 2.45) is 0 Å². The normalized spacial score (nSPS) is 12.1. The third-order valence-electron chi connectivity index (χ3n) is 4.11. The van der Waals surface area contributed by atoms with Gasteiger partial charge in [0.25, 0.3) is 0 Å². The molecule has 3 rings (SSSR count). The van der Waals surface area contributed by atoms with Crippen LogP contribution < -0.4 is 5.32 Å². The Kier molecular flexibility index (Phi) is 4.78. The van der Waals surface area contributed by atoms with E-state index in [1.807, 2.05) is 30.3 Å². The van der Waals surface area contributed by atoms with Gasteiger partial charge in [0.2, 0.25) is 5.76 Å². The van der Waals surface area contributed by atoms with Crippen LogP contribution in [0.15, 0.2) is 46.9 Å². The highest BCUT2D eigenvalue weighted by molar-refractivity contribution is 6.31. The summed E-state index contributed by atoms with van der Waals surface area (Å²) in [6, 6.07) is 16.0. The van der Waals surface area contributed by atoms with Crippen LogP contribution in [0, 0.1) is 11.3 Å². The third-order valence-corrected chi connectivity index (χ3v) is 4.46. The van der Waals surface area contributed by atoms with Gasteiger partial charge in [-0.25, -0.2) is 0 Å². The monoisotopic (exact) mass is 338 g/mol. The zero-order valence-electron chi connectivity index (χ0n) is 13.8. The van der Waals surface area contributed by atoms with Crippen LogP contribution in [0.25, 0.3) is 11.0 Å². The van der Waals surface area contributed by atoms with E-state index in [1.54, 1.807) is 6.07 Å². The van der Waals surface area contributed by atoms with Crippen molar-refractivity contribution in [3.8, 4) is 6.07 Å². The van der Waals surface area contributed by atoms with Crippen LogP contribution in [-0.4, -0.2) is 0 Å². The fourth-order valence-electron chi connectivity index (χ4n) is 2.83. The summed E-state index contributed by atoms with van der Waals surface area (Å²) in [5.74, 6) is 0.334. The number of fused-ring (bicyclic) bond motifs is 1. The van der Waals surface area contributed by atoms with Crippen LogP contribution in [0.4, 0.5) is 5.69 Å². The molecule has 0 aliphatic heterocycles. The summed E-state index contributed by atoms with van der Waals surface area (Å²) in [6.45, 7) is 4.24. The van der Waals surface area contributed by atoms with Crippen molar-refractivity contribution >= 4 is 28.3 Å². The molecule has 0 saturated carbocycles. The van der Waals surface area contributed by atoms with Crippen molar-refractivity contribution in [1.29, 1.82) is 5.26 Å². The molecule has 0 unspecified atom stereocenters. The Morgan fingerprint density at radius 1 is 1.21 bits per heavy atom. The molecule has 1 atom stereocenters. The Morgan fingerprint density at radius 2 is 2.04 bits per heavy atom. The fraction of sp³-hybridized carbons (Fsp3) is 0.250. The number of furan rings is 1. The second-order valence-electron chi connectivity index (χ2n) is 5.94. The van der Waals surface area contributed by atoms with Crippen LogP contribution in [0.3, 0.4) is 0 Å². The lowest BCUT2D eigenvalue weighted by Crippen LogP contribution is -2.06. The molecule has 0 radical (unpaired) electrons. The van der Waals surface area contributed by atoms with Crippen LogP contribution >= 0.6 is 11.6 Å². The van der Waals surface area contributed by atoms with Gasteiger partial charge in [0.15, 0.2) is 0 Å². The Bertz CT molecular complexity index is 908. The number of benzene rings is 2. The molecule has 2 aromatic carbocycles. The second-order valence-corrected chi connectivity index (χ2v) is 6.35. The number of rotatable bonds is 5. The van der Waals surface area contributed by atoms with E-state index in [2.05, 4.69) is 31.3 Å². The molecule has 0 aliphatic rings. The molecule has 0 bridgehead atoms. The quantitative estimate of drug-likeness (QED) is 0.613. The van der Waals surface area contributed by atoms with Gasteiger partial charge in [-0.15, -0.1) is 0 Å². The summed E-state index contributed by atoms with van der Waals surface area (Å²) in [7, 11) is 0. The lowest BCUT2D eigenvalue weighted by atomic mass is 10.1. The van der Waals surface area contributed by atoms with E-state index in [-0.39, 0.29) is 6.04 Å². The highest BCUT2D eigenvalue weighted by atomic mass is 35.5. The van der Waals surface area contributed by atoms with E-state index in [0.29, 0.717) is 5.76 Å². The van der Waals surface area contributed by atoms with Crippen LogP contribution in [0.2, 0.25) is 5.02 Å². The van der Waals surface area contributed by atoms with E-state index < -0.39 is 0 Å². The number of aryl methyl sites for hydroxylation is 1. The van der Waals surface area contributed by atoms with Gasteiger partial charge in [-0.1, -0.05) is 37.1 Å². The molecular weight excluding hydrogens is 320 g/mol. The van der Waals surface area contributed by atoms with Crippen LogP contribution in [-0.2, 0) is 6.42 Å². The van der Waals surface area contributed by atoms with Gasteiger partial charge >= 0.3 is 0 Å². The van der Waals surface area contributed by atoms with E-state index in [1.165, 1.54) is 5.56 Å². The lowest BCUT2D eigenvalue weighted by Gasteiger charge is -2.17. The first-order chi connectivity index (χ1) is 11.6. The molecule has 1 N–H and O–H groups in total. The average molecular weight is 339 g/mol. The predicted octanol–water partition coefficient (Wildman–Crippen LogP) is 6.08. The van der Waals surface area contributed by atoms with Crippen molar-refractivity contribution in [2.45, 2.75) is 32.7 Å². The minimum absolute atomic E-state index is 0.114. The fourth-order valence-corrected chi connectivity index (χ4v) is 3.10. The van der Waals surface area contributed by atoms with Gasteiger partial charge in [-0.05, 0) is 48.7 Å². The molecule has 0 amide bonds. The summed E-state index contributed by atoms with van der Waals surface area (Å²) in [5.41, 5.74) is 4.04. The Hall–Kier alpha value is -2.44. The Balaban J connectivity index is 1.80. The minimum Gasteiger partial charge on any atom is -0.446 e. The first-order valence-electron chi connectivity index (χ1n) is 8.09. The zero-order chi connectivity index (χ0) is 17.1. The summed E-state index contributed by atoms with van der Waals surface area (Å²) in [4.78, 5) is 0. The first-order valence-corrected chi connectivity index (χ1v) is 8.47. The maximum Gasteiger partial charge on any atom is 0.204 e. The van der Waals surface area contributed by atoms with E-state index >= 15 is 0 Å². The number of hydrogen-bond donors (Lipinski definition) is 1. The standard InChI is InChI=1S/C20H19ClN2O/c1-3-4-14-5-7-17(11-19(14)21)23-13(2)15-6-8-20-16(9-15)10-18(12-22)24-20/h5-11,13,23H,3-4H2,1-2H3/t13-/m1/s1. The smallest absolute Gasteiger partial charge is 0.204 e. The largest absolute Gasteiger partial charge is 0.446 e. The number of nitriles is 1. The van der Waals surface area contributed by atoms with Gasteiger partial charge in [0.1, 0.15) is 11.7 Å². The maximum atomic E-state index is 8.93. The van der Waals surface area contributed by atoms with Crippen molar-refractivity contribution in [3.63, 3.8) is 0 Å². The van der Waals surface area contributed by atoms with E-state index in [9.17, 15) is 0 Å². The number of hydrogen-bond acceptors (Lipinski definition) is 3. The molecular formula is C20H19ClN2O. The van der Waals surface area contributed by atoms with E-state index in [0.717, 1.165) is 40.1 Å². The van der Waals surface area contributed by atoms with Gasteiger partial charge < -0.3 is 9.73 Å². The summed E-state index contributed by atoms with van der Waals surface area (Å²) in [5, 5.41) is 14.1. The number of nitrogens with one attached hydrogen (secondary N) is 1. The van der Waals surface area contributed by atoms with Gasteiger partial charge in [0.05, 0.1) is 0 Å². The molecule has 0 saturated heterocycles. The van der Waals surface area contributed by atoms with E-state index in [4.69, 9.17) is 21.3 Å². The van der Waals surface area contributed by atoms with Gasteiger partial charge in [0, 0.05) is 28.2 Å². The lowest BCUT2D eigenvalue weighted by molar-refractivity contribution is 0.599. The number of nitrogens with zero attached hydrogens (tertiary/aromatic N) is 1.